The largest absolute Gasteiger partial charge is 0.442 e. The molecule has 0 aliphatic rings. The zero-order valence-corrected chi connectivity index (χ0v) is 16.8. The van der Waals surface area contributed by atoms with E-state index in [-0.39, 0.29) is 5.69 Å². The van der Waals surface area contributed by atoms with Crippen LogP contribution in [0.2, 0.25) is 5.02 Å². The Bertz CT molecular complexity index is 1220. The van der Waals surface area contributed by atoms with Gasteiger partial charge in [-0.05, 0) is 30.7 Å². The number of hydrogen-bond donors (Lipinski definition) is 2. The lowest BCUT2D eigenvalue weighted by Crippen LogP contribution is -2.26. The maximum Gasteiger partial charge on any atom is 0.360 e. The molecule has 0 aliphatic heterocycles. The average Bonchev–Trinajstić information content (AvgIpc) is 3.19. The smallest absolute Gasteiger partial charge is 0.360 e. The van der Waals surface area contributed by atoms with Gasteiger partial charge < -0.3 is 10.1 Å². The molecule has 3 aromatic carbocycles. The van der Waals surface area contributed by atoms with E-state index in [1.807, 2.05) is 25.1 Å². The molecular weight excluding hydrogens is 402 g/mol. The number of halogens is 1. The normalized spacial score (nSPS) is 11.8. The van der Waals surface area contributed by atoms with Crippen LogP contribution in [0.4, 0.5) is 5.69 Å². The Kier molecular flexibility index (Phi) is 5.50. The molecule has 0 radical (unpaired) electrons. The SMILES string of the molecule is Cc1ccc(NC(=O)[C@H](OC(=O)c2n[nH]c3ccccc23)c2ccccc2)cc1Cl. The zero-order valence-electron chi connectivity index (χ0n) is 16.1. The van der Waals surface area contributed by atoms with E-state index in [9.17, 15) is 9.59 Å². The summed E-state index contributed by atoms with van der Waals surface area (Å²) >= 11 is 6.15. The Morgan fingerprint density at radius 1 is 1.03 bits per heavy atom. The summed E-state index contributed by atoms with van der Waals surface area (Å²) in [6.45, 7) is 1.87. The summed E-state index contributed by atoms with van der Waals surface area (Å²) in [6, 6.07) is 21.2. The Labute approximate surface area is 177 Å². The Morgan fingerprint density at radius 2 is 1.77 bits per heavy atom. The molecule has 1 amide bonds. The second-order valence-electron chi connectivity index (χ2n) is 6.77. The van der Waals surface area contributed by atoms with E-state index in [0.29, 0.717) is 27.2 Å². The van der Waals surface area contributed by atoms with Crippen LogP contribution in [0.25, 0.3) is 10.9 Å². The summed E-state index contributed by atoms with van der Waals surface area (Å²) in [7, 11) is 0. The lowest BCUT2D eigenvalue weighted by Gasteiger charge is -2.18. The Morgan fingerprint density at radius 3 is 2.53 bits per heavy atom. The van der Waals surface area contributed by atoms with E-state index in [0.717, 1.165) is 5.56 Å². The molecule has 0 saturated carbocycles. The summed E-state index contributed by atoms with van der Waals surface area (Å²) in [5, 5.41) is 10.8. The van der Waals surface area contributed by atoms with Gasteiger partial charge in [0.1, 0.15) is 0 Å². The fraction of sp³-hybridized carbons (Fsp3) is 0.0870. The van der Waals surface area contributed by atoms with Gasteiger partial charge in [0.25, 0.3) is 5.91 Å². The van der Waals surface area contributed by atoms with Crippen molar-refractivity contribution in [3.8, 4) is 0 Å². The number of esters is 1. The highest BCUT2D eigenvalue weighted by atomic mass is 35.5. The van der Waals surface area contributed by atoms with Crippen LogP contribution in [0.15, 0.2) is 72.8 Å². The quantitative estimate of drug-likeness (QED) is 0.443. The minimum atomic E-state index is -1.16. The first-order chi connectivity index (χ1) is 14.5. The number of para-hydroxylation sites is 1. The molecule has 0 fully saturated rings. The van der Waals surface area contributed by atoms with E-state index in [2.05, 4.69) is 15.5 Å². The average molecular weight is 420 g/mol. The second-order valence-corrected chi connectivity index (χ2v) is 7.17. The molecule has 6 nitrogen and oxygen atoms in total. The molecule has 1 atom stereocenters. The summed E-state index contributed by atoms with van der Waals surface area (Å²) in [4.78, 5) is 25.9. The monoisotopic (exact) mass is 419 g/mol. The molecule has 4 aromatic rings. The summed E-state index contributed by atoms with van der Waals surface area (Å²) in [6.07, 6.45) is -1.16. The van der Waals surface area contributed by atoms with Crippen molar-refractivity contribution in [2.45, 2.75) is 13.0 Å². The number of nitrogens with zero attached hydrogens (tertiary/aromatic N) is 1. The minimum Gasteiger partial charge on any atom is -0.442 e. The van der Waals surface area contributed by atoms with Crippen LogP contribution in [0.3, 0.4) is 0 Å². The van der Waals surface area contributed by atoms with Gasteiger partial charge in [0.15, 0.2) is 5.69 Å². The number of nitrogens with one attached hydrogen (secondary N) is 2. The van der Waals surface area contributed by atoms with Crippen molar-refractivity contribution in [1.29, 1.82) is 0 Å². The highest BCUT2D eigenvalue weighted by molar-refractivity contribution is 6.31. The maximum atomic E-state index is 13.0. The number of anilines is 1. The number of aromatic amines is 1. The highest BCUT2D eigenvalue weighted by Crippen LogP contribution is 2.25. The molecule has 0 saturated heterocycles. The predicted molar refractivity (Wildman–Crippen MR) is 116 cm³/mol. The molecule has 4 rings (SSSR count). The number of fused-ring (bicyclic) bond motifs is 1. The number of ether oxygens (including phenoxy) is 1. The first-order valence-electron chi connectivity index (χ1n) is 9.29. The first-order valence-corrected chi connectivity index (χ1v) is 9.67. The third kappa shape index (κ3) is 4.04. The van der Waals surface area contributed by atoms with Crippen molar-refractivity contribution in [1.82, 2.24) is 10.2 Å². The van der Waals surface area contributed by atoms with Crippen molar-refractivity contribution < 1.29 is 14.3 Å². The minimum absolute atomic E-state index is 0.123. The van der Waals surface area contributed by atoms with Gasteiger partial charge in [0.05, 0.1) is 5.52 Å². The fourth-order valence-corrected chi connectivity index (χ4v) is 3.24. The number of hydrogen-bond acceptors (Lipinski definition) is 4. The summed E-state index contributed by atoms with van der Waals surface area (Å²) < 4.78 is 5.61. The Balaban J connectivity index is 1.62. The van der Waals surface area contributed by atoms with Crippen LogP contribution >= 0.6 is 11.6 Å². The van der Waals surface area contributed by atoms with E-state index in [1.165, 1.54) is 0 Å². The number of aromatic nitrogens is 2. The van der Waals surface area contributed by atoms with Gasteiger partial charge in [-0.1, -0.05) is 66.2 Å². The third-order valence-corrected chi connectivity index (χ3v) is 5.08. The molecule has 0 bridgehead atoms. The molecular formula is C23H18ClN3O3. The molecule has 150 valence electrons. The van der Waals surface area contributed by atoms with Gasteiger partial charge in [-0.15, -0.1) is 0 Å². The lowest BCUT2D eigenvalue weighted by atomic mass is 10.1. The topological polar surface area (TPSA) is 84.1 Å². The summed E-state index contributed by atoms with van der Waals surface area (Å²) in [5.74, 6) is -1.19. The number of rotatable bonds is 5. The van der Waals surface area contributed by atoms with Crippen LogP contribution in [-0.2, 0) is 9.53 Å². The van der Waals surface area contributed by atoms with Gasteiger partial charge in [-0.2, -0.15) is 5.10 Å². The summed E-state index contributed by atoms with van der Waals surface area (Å²) in [5.41, 5.74) is 2.78. The van der Waals surface area contributed by atoms with Crippen molar-refractivity contribution >= 4 is 40.1 Å². The molecule has 30 heavy (non-hydrogen) atoms. The van der Waals surface area contributed by atoms with Crippen LogP contribution < -0.4 is 5.32 Å². The molecule has 7 heteroatoms. The van der Waals surface area contributed by atoms with Crippen LogP contribution in [-0.4, -0.2) is 22.1 Å². The number of aryl methyl sites for hydroxylation is 1. The Hall–Kier alpha value is -3.64. The number of carbonyl (C=O) groups excluding carboxylic acids is 2. The zero-order chi connectivity index (χ0) is 21.1. The maximum absolute atomic E-state index is 13.0. The van der Waals surface area contributed by atoms with Crippen molar-refractivity contribution in [2.24, 2.45) is 0 Å². The second kappa shape index (κ2) is 8.39. The predicted octanol–water partition coefficient (Wildman–Crippen LogP) is 5.06. The van der Waals surface area contributed by atoms with Gasteiger partial charge >= 0.3 is 5.97 Å². The standard InChI is InChI=1S/C23H18ClN3O3/c1-14-11-12-16(13-18(14)24)25-22(28)21(15-7-3-2-4-8-15)30-23(29)20-17-9-5-6-10-19(17)26-27-20/h2-13,21H,1H3,(H,25,28)(H,26,27)/t21-/m1/s1. The van der Waals surface area contributed by atoms with Gasteiger partial charge in [0, 0.05) is 21.7 Å². The van der Waals surface area contributed by atoms with Gasteiger partial charge in [-0.3, -0.25) is 9.89 Å². The van der Waals surface area contributed by atoms with Crippen molar-refractivity contribution in [3.05, 3.63) is 94.6 Å². The third-order valence-electron chi connectivity index (χ3n) is 4.67. The van der Waals surface area contributed by atoms with Crippen LogP contribution in [0.5, 0.6) is 0 Å². The number of H-pyrrole nitrogens is 1. The van der Waals surface area contributed by atoms with E-state index < -0.39 is 18.0 Å². The van der Waals surface area contributed by atoms with Crippen molar-refractivity contribution in [2.75, 3.05) is 5.32 Å². The van der Waals surface area contributed by atoms with E-state index >= 15 is 0 Å². The molecule has 0 spiro atoms. The van der Waals surface area contributed by atoms with E-state index in [1.54, 1.807) is 54.6 Å². The molecule has 0 unspecified atom stereocenters. The van der Waals surface area contributed by atoms with Crippen LogP contribution in [0.1, 0.15) is 27.7 Å². The lowest BCUT2D eigenvalue weighted by molar-refractivity contribution is -0.125. The molecule has 2 N–H and O–H groups in total. The van der Waals surface area contributed by atoms with Crippen LogP contribution in [0, 0.1) is 6.92 Å². The highest BCUT2D eigenvalue weighted by Gasteiger charge is 2.27. The van der Waals surface area contributed by atoms with E-state index in [4.69, 9.17) is 16.3 Å². The number of carbonyl (C=O) groups is 2. The first kappa shape index (κ1) is 19.7. The molecule has 1 heterocycles. The van der Waals surface area contributed by atoms with Gasteiger partial charge in [-0.25, -0.2) is 4.79 Å². The molecule has 0 aliphatic carbocycles. The molecule has 1 aromatic heterocycles. The van der Waals surface area contributed by atoms with Gasteiger partial charge in [0.2, 0.25) is 6.10 Å². The van der Waals surface area contributed by atoms with Crippen molar-refractivity contribution in [3.63, 3.8) is 0 Å². The fourth-order valence-electron chi connectivity index (χ4n) is 3.06. The number of benzene rings is 3. The number of amides is 1.